The fraction of sp³-hybridized carbons (Fsp3) is 0.222. The summed E-state index contributed by atoms with van der Waals surface area (Å²) >= 11 is 1.34. The summed E-state index contributed by atoms with van der Waals surface area (Å²) in [6, 6.07) is 13.0. The first-order valence-electron chi connectivity index (χ1n) is 7.48. The smallest absolute Gasteiger partial charge is 0.338 e. The molecule has 2 rings (SSSR count). The van der Waals surface area contributed by atoms with Crippen molar-refractivity contribution >= 4 is 29.3 Å². The number of ether oxygens (including phenoxy) is 1. The molecule has 1 amide bonds. The molecule has 0 aliphatic carbocycles. The summed E-state index contributed by atoms with van der Waals surface area (Å²) < 4.78 is 18.4. The molecule has 0 saturated carbocycles. The van der Waals surface area contributed by atoms with Crippen LogP contribution in [0, 0.1) is 5.82 Å². The topological polar surface area (TPSA) is 55.4 Å². The Balaban J connectivity index is 1.80. The molecule has 0 unspecified atom stereocenters. The van der Waals surface area contributed by atoms with Crippen LogP contribution in [0.2, 0.25) is 0 Å². The molecule has 0 aromatic heterocycles. The molecule has 0 heterocycles. The van der Waals surface area contributed by atoms with Crippen molar-refractivity contribution in [2.75, 3.05) is 17.7 Å². The largest absolute Gasteiger partial charge is 0.462 e. The summed E-state index contributed by atoms with van der Waals surface area (Å²) in [5, 5.41) is 2.74. The fourth-order valence-corrected chi connectivity index (χ4v) is 2.78. The van der Waals surface area contributed by atoms with Gasteiger partial charge in [0.2, 0.25) is 5.91 Å². The number of benzene rings is 2. The zero-order valence-electron chi connectivity index (χ0n) is 13.3. The number of esters is 1. The Morgan fingerprint density at radius 3 is 2.50 bits per heavy atom. The van der Waals surface area contributed by atoms with E-state index in [0.29, 0.717) is 29.2 Å². The van der Waals surface area contributed by atoms with Crippen LogP contribution in [0.15, 0.2) is 48.5 Å². The summed E-state index contributed by atoms with van der Waals surface area (Å²) in [6.45, 7) is 2.06. The first-order valence-corrected chi connectivity index (χ1v) is 8.64. The van der Waals surface area contributed by atoms with Gasteiger partial charge in [-0.15, -0.1) is 11.8 Å². The van der Waals surface area contributed by atoms with Gasteiger partial charge in [0.15, 0.2) is 0 Å². The van der Waals surface area contributed by atoms with Crippen LogP contribution in [0.3, 0.4) is 0 Å². The second-order valence-electron chi connectivity index (χ2n) is 4.93. The van der Waals surface area contributed by atoms with Crippen LogP contribution in [0.5, 0.6) is 0 Å². The SMILES string of the molecule is CCOC(=O)c1ccc(NC(=O)CSCc2ccccc2F)cc1. The van der Waals surface area contributed by atoms with Gasteiger partial charge in [-0.25, -0.2) is 9.18 Å². The van der Waals surface area contributed by atoms with Crippen molar-refractivity contribution < 1.29 is 18.7 Å². The molecule has 0 aliphatic rings. The number of carbonyl (C=O) groups excluding carboxylic acids is 2. The predicted molar refractivity (Wildman–Crippen MR) is 93.6 cm³/mol. The molecule has 4 nitrogen and oxygen atoms in total. The number of halogens is 1. The van der Waals surface area contributed by atoms with Gasteiger partial charge in [0.05, 0.1) is 17.9 Å². The lowest BCUT2D eigenvalue weighted by Crippen LogP contribution is -2.14. The summed E-state index contributed by atoms with van der Waals surface area (Å²) in [7, 11) is 0. The van der Waals surface area contributed by atoms with Gasteiger partial charge in [0, 0.05) is 11.4 Å². The lowest BCUT2D eigenvalue weighted by molar-refractivity contribution is -0.113. The van der Waals surface area contributed by atoms with Crippen LogP contribution >= 0.6 is 11.8 Å². The second kappa shape index (κ2) is 9.08. The van der Waals surface area contributed by atoms with Crippen LogP contribution in [0.1, 0.15) is 22.8 Å². The van der Waals surface area contributed by atoms with Gasteiger partial charge < -0.3 is 10.1 Å². The molecular weight excluding hydrogens is 329 g/mol. The lowest BCUT2D eigenvalue weighted by Gasteiger charge is -2.07. The molecule has 0 saturated heterocycles. The summed E-state index contributed by atoms with van der Waals surface area (Å²) in [6.07, 6.45) is 0. The van der Waals surface area contributed by atoms with E-state index < -0.39 is 5.97 Å². The molecule has 2 aromatic rings. The molecule has 0 bridgehead atoms. The van der Waals surface area contributed by atoms with Crippen LogP contribution in [0.4, 0.5) is 10.1 Å². The molecule has 0 atom stereocenters. The van der Waals surface area contributed by atoms with Gasteiger partial charge in [-0.2, -0.15) is 0 Å². The van der Waals surface area contributed by atoms with E-state index in [1.165, 1.54) is 17.8 Å². The average Bonchev–Trinajstić information content (AvgIpc) is 2.57. The van der Waals surface area contributed by atoms with Crippen molar-refractivity contribution in [3.05, 3.63) is 65.5 Å². The number of thioether (sulfide) groups is 1. The third kappa shape index (κ3) is 5.38. The minimum absolute atomic E-state index is 0.180. The zero-order chi connectivity index (χ0) is 17.4. The quantitative estimate of drug-likeness (QED) is 0.773. The molecule has 1 N–H and O–H groups in total. The van der Waals surface area contributed by atoms with Gasteiger partial charge in [-0.3, -0.25) is 4.79 Å². The van der Waals surface area contributed by atoms with E-state index in [2.05, 4.69) is 5.32 Å². The van der Waals surface area contributed by atoms with Crippen molar-refractivity contribution in [2.45, 2.75) is 12.7 Å². The molecule has 6 heteroatoms. The average molecular weight is 347 g/mol. The second-order valence-corrected chi connectivity index (χ2v) is 5.92. The van der Waals surface area contributed by atoms with Crippen molar-refractivity contribution in [3.8, 4) is 0 Å². The highest BCUT2D eigenvalue weighted by molar-refractivity contribution is 7.99. The Morgan fingerprint density at radius 2 is 1.83 bits per heavy atom. The van der Waals surface area contributed by atoms with Gasteiger partial charge in [-0.05, 0) is 42.8 Å². The Kier molecular flexibility index (Phi) is 6.81. The maximum Gasteiger partial charge on any atom is 0.338 e. The molecule has 0 spiro atoms. The highest BCUT2D eigenvalue weighted by atomic mass is 32.2. The molecule has 24 heavy (non-hydrogen) atoms. The third-order valence-corrected chi connectivity index (χ3v) is 4.11. The standard InChI is InChI=1S/C18H18FNO3S/c1-2-23-18(22)13-7-9-15(10-8-13)20-17(21)12-24-11-14-5-3-4-6-16(14)19/h3-10H,2,11-12H2,1H3,(H,20,21). The minimum atomic E-state index is -0.393. The number of amides is 1. The highest BCUT2D eigenvalue weighted by Crippen LogP contribution is 2.16. The van der Waals surface area contributed by atoms with Gasteiger partial charge in [0.25, 0.3) is 0 Å². The molecule has 126 valence electrons. The number of hydrogen-bond donors (Lipinski definition) is 1. The van der Waals surface area contributed by atoms with E-state index in [0.717, 1.165) is 0 Å². The fourth-order valence-electron chi connectivity index (χ4n) is 1.97. The van der Waals surface area contributed by atoms with E-state index in [9.17, 15) is 14.0 Å². The van der Waals surface area contributed by atoms with Crippen molar-refractivity contribution in [1.82, 2.24) is 0 Å². The number of carbonyl (C=O) groups is 2. The highest BCUT2D eigenvalue weighted by Gasteiger charge is 2.08. The van der Waals surface area contributed by atoms with Crippen LogP contribution < -0.4 is 5.32 Å². The van der Waals surface area contributed by atoms with E-state index in [1.807, 2.05) is 0 Å². The maximum atomic E-state index is 13.5. The molecule has 2 aromatic carbocycles. The van der Waals surface area contributed by atoms with E-state index in [1.54, 1.807) is 49.4 Å². The zero-order valence-corrected chi connectivity index (χ0v) is 14.1. The molecular formula is C18H18FNO3S. The first-order chi connectivity index (χ1) is 11.6. The lowest BCUT2D eigenvalue weighted by atomic mass is 10.2. The number of rotatable bonds is 7. The molecule has 0 radical (unpaired) electrons. The van der Waals surface area contributed by atoms with Gasteiger partial charge in [0.1, 0.15) is 5.82 Å². The predicted octanol–water partition coefficient (Wildman–Crippen LogP) is 3.87. The monoisotopic (exact) mass is 347 g/mol. The van der Waals surface area contributed by atoms with Crippen molar-refractivity contribution in [3.63, 3.8) is 0 Å². The van der Waals surface area contributed by atoms with E-state index in [-0.39, 0.29) is 17.5 Å². The van der Waals surface area contributed by atoms with Crippen LogP contribution in [0.25, 0.3) is 0 Å². The number of nitrogens with one attached hydrogen (secondary N) is 1. The van der Waals surface area contributed by atoms with Crippen molar-refractivity contribution in [2.24, 2.45) is 0 Å². The van der Waals surface area contributed by atoms with Gasteiger partial charge in [-0.1, -0.05) is 18.2 Å². The Bertz CT molecular complexity index is 704. The summed E-state index contributed by atoms with van der Waals surface area (Å²) in [5.41, 5.74) is 1.61. The molecule has 0 aliphatic heterocycles. The van der Waals surface area contributed by atoms with Crippen LogP contribution in [-0.4, -0.2) is 24.2 Å². The minimum Gasteiger partial charge on any atom is -0.462 e. The summed E-state index contributed by atoms with van der Waals surface area (Å²) in [4.78, 5) is 23.4. The first kappa shape index (κ1) is 18.0. The van der Waals surface area contributed by atoms with Crippen molar-refractivity contribution in [1.29, 1.82) is 0 Å². The third-order valence-electron chi connectivity index (χ3n) is 3.13. The van der Waals surface area contributed by atoms with Gasteiger partial charge >= 0.3 is 5.97 Å². The van der Waals surface area contributed by atoms with E-state index in [4.69, 9.17) is 4.74 Å². The van der Waals surface area contributed by atoms with E-state index >= 15 is 0 Å². The molecule has 0 fully saturated rings. The maximum absolute atomic E-state index is 13.5. The Labute approximate surface area is 144 Å². The Hall–Kier alpha value is -2.34. The Morgan fingerprint density at radius 1 is 1.12 bits per heavy atom. The normalized spacial score (nSPS) is 10.2. The van der Waals surface area contributed by atoms with Crippen LogP contribution in [-0.2, 0) is 15.3 Å². The number of anilines is 1. The number of hydrogen-bond acceptors (Lipinski definition) is 4. The summed E-state index contributed by atoms with van der Waals surface area (Å²) in [5.74, 6) is -0.188.